The summed E-state index contributed by atoms with van der Waals surface area (Å²) in [6.45, 7) is -0.305. The van der Waals surface area contributed by atoms with Gasteiger partial charge in [-0.2, -0.15) is 0 Å². The summed E-state index contributed by atoms with van der Waals surface area (Å²) in [5.41, 5.74) is 6.67. The van der Waals surface area contributed by atoms with E-state index in [-0.39, 0.29) is 12.4 Å². The van der Waals surface area contributed by atoms with Crippen LogP contribution in [0.4, 0.5) is 5.82 Å². The molecular formula is C10H11Br2N5O3. The molecular weight excluding hydrogens is 398 g/mol. The summed E-state index contributed by atoms with van der Waals surface area (Å²) >= 11 is 6.78. The molecule has 10 heteroatoms. The molecule has 1 aliphatic heterocycles. The van der Waals surface area contributed by atoms with Gasteiger partial charge in [0.1, 0.15) is 24.1 Å². The van der Waals surface area contributed by atoms with Crippen molar-refractivity contribution in [1.29, 1.82) is 0 Å². The van der Waals surface area contributed by atoms with Crippen molar-refractivity contribution < 1.29 is 14.9 Å². The number of hydrogen-bond donors (Lipinski definition) is 3. The highest BCUT2D eigenvalue weighted by Crippen LogP contribution is 2.49. The Bertz CT molecular complexity index is 649. The largest absolute Gasteiger partial charge is 0.394 e. The monoisotopic (exact) mass is 407 g/mol. The van der Waals surface area contributed by atoms with Crippen LogP contribution in [0.3, 0.4) is 0 Å². The zero-order valence-electron chi connectivity index (χ0n) is 10.0. The number of ether oxygens (including phenoxy) is 1. The van der Waals surface area contributed by atoms with Crippen LogP contribution in [0.1, 0.15) is 6.23 Å². The average molecular weight is 409 g/mol. The molecule has 0 spiro atoms. The molecule has 0 unspecified atom stereocenters. The van der Waals surface area contributed by atoms with E-state index >= 15 is 0 Å². The molecule has 1 aliphatic rings. The van der Waals surface area contributed by atoms with Gasteiger partial charge in [0.2, 0.25) is 0 Å². The van der Waals surface area contributed by atoms with Crippen LogP contribution in [0.15, 0.2) is 12.7 Å². The Morgan fingerprint density at radius 2 is 2.15 bits per heavy atom. The van der Waals surface area contributed by atoms with E-state index < -0.39 is 21.7 Å². The minimum absolute atomic E-state index is 0.265. The van der Waals surface area contributed by atoms with E-state index in [1.165, 1.54) is 12.7 Å². The van der Waals surface area contributed by atoms with Crippen molar-refractivity contribution in [1.82, 2.24) is 19.5 Å². The fourth-order valence-corrected chi connectivity index (χ4v) is 3.41. The topological polar surface area (TPSA) is 119 Å². The number of anilines is 1. The summed E-state index contributed by atoms with van der Waals surface area (Å²) in [5, 5.41) is 19.4. The van der Waals surface area contributed by atoms with Crippen molar-refractivity contribution >= 4 is 48.8 Å². The molecule has 1 fully saturated rings. The van der Waals surface area contributed by atoms with Crippen LogP contribution < -0.4 is 5.73 Å². The van der Waals surface area contributed by atoms with Gasteiger partial charge >= 0.3 is 0 Å². The van der Waals surface area contributed by atoms with Crippen LogP contribution >= 0.6 is 31.9 Å². The Hall–Kier alpha value is -0.810. The molecule has 0 aliphatic carbocycles. The van der Waals surface area contributed by atoms with Crippen LogP contribution in [0.5, 0.6) is 0 Å². The molecule has 3 heterocycles. The van der Waals surface area contributed by atoms with E-state index in [1.54, 1.807) is 4.57 Å². The fraction of sp³-hybridized carbons (Fsp3) is 0.500. The quantitative estimate of drug-likeness (QED) is 0.604. The van der Waals surface area contributed by atoms with Gasteiger partial charge in [0.05, 0.1) is 12.9 Å². The highest BCUT2D eigenvalue weighted by molar-refractivity contribution is 9.25. The lowest BCUT2D eigenvalue weighted by atomic mass is 10.2. The van der Waals surface area contributed by atoms with Crippen molar-refractivity contribution in [3.63, 3.8) is 0 Å². The lowest BCUT2D eigenvalue weighted by molar-refractivity contribution is -0.0432. The molecule has 0 aromatic carbocycles. The van der Waals surface area contributed by atoms with Gasteiger partial charge < -0.3 is 20.7 Å². The first-order valence-corrected chi connectivity index (χ1v) is 7.30. The van der Waals surface area contributed by atoms with E-state index in [2.05, 4.69) is 46.8 Å². The molecule has 8 nitrogen and oxygen atoms in total. The van der Waals surface area contributed by atoms with Crippen LogP contribution in [0.25, 0.3) is 11.2 Å². The van der Waals surface area contributed by atoms with E-state index in [4.69, 9.17) is 10.5 Å². The highest BCUT2D eigenvalue weighted by Gasteiger charge is 2.54. The smallest absolute Gasteiger partial charge is 0.167 e. The molecule has 0 saturated carbocycles. The summed E-state index contributed by atoms with van der Waals surface area (Å²) < 4.78 is 6.31. The number of hydrogen-bond acceptors (Lipinski definition) is 7. The van der Waals surface area contributed by atoms with Gasteiger partial charge in [-0.25, -0.2) is 15.0 Å². The molecule has 2 aromatic rings. The number of nitrogen functional groups attached to an aromatic ring is 1. The zero-order chi connectivity index (χ0) is 14.5. The second kappa shape index (κ2) is 4.88. The van der Waals surface area contributed by atoms with Crippen LogP contribution in [0.2, 0.25) is 0 Å². The number of aliphatic hydroxyl groups excluding tert-OH is 2. The SMILES string of the molecule is Nc1ncnc2c1ncn2[C@@H]1O[C@H](CO)[C@@H](O)C1(Br)Br. The zero-order valence-corrected chi connectivity index (χ0v) is 13.2. The van der Waals surface area contributed by atoms with Crippen molar-refractivity contribution in [3.8, 4) is 0 Å². The molecule has 0 amide bonds. The maximum absolute atomic E-state index is 10.1. The van der Waals surface area contributed by atoms with E-state index in [9.17, 15) is 10.2 Å². The number of imidazole rings is 1. The van der Waals surface area contributed by atoms with Crippen molar-refractivity contribution in [3.05, 3.63) is 12.7 Å². The normalized spacial score (nSPS) is 29.1. The molecule has 3 rings (SSSR count). The standard InChI is InChI=1S/C10H11Br2N5O3/c11-10(12)6(19)4(1-18)20-9(10)17-3-16-5-7(13)14-2-15-8(5)17/h2-4,6,9,18-19H,1H2,(H2,13,14,15)/t4-,6-,9-/m1/s1. The summed E-state index contributed by atoms with van der Waals surface area (Å²) in [5.74, 6) is 0.265. The summed E-state index contributed by atoms with van der Waals surface area (Å²) in [4.78, 5) is 12.1. The van der Waals surface area contributed by atoms with Crippen LogP contribution in [-0.2, 0) is 4.74 Å². The van der Waals surface area contributed by atoms with Gasteiger partial charge in [-0.1, -0.05) is 31.9 Å². The maximum Gasteiger partial charge on any atom is 0.167 e. The predicted octanol–water partition coefficient (Wildman–Crippen LogP) is 0.145. The van der Waals surface area contributed by atoms with Gasteiger partial charge in [0.15, 0.2) is 20.9 Å². The molecule has 20 heavy (non-hydrogen) atoms. The second-order valence-corrected chi connectivity index (χ2v) is 8.10. The van der Waals surface area contributed by atoms with Crippen LogP contribution in [0, 0.1) is 0 Å². The number of nitrogens with two attached hydrogens (primary N) is 1. The van der Waals surface area contributed by atoms with Gasteiger partial charge in [0.25, 0.3) is 0 Å². The Morgan fingerprint density at radius 3 is 2.80 bits per heavy atom. The number of nitrogens with zero attached hydrogens (tertiary/aromatic N) is 4. The lowest BCUT2D eigenvalue weighted by Gasteiger charge is -2.24. The minimum atomic E-state index is -0.971. The summed E-state index contributed by atoms with van der Waals surface area (Å²) in [6, 6.07) is 0. The second-order valence-electron chi connectivity index (χ2n) is 4.41. The number of halogens is 2. The molecule has 1 saturated heterocycles. The molecule has 4 N–H and O–H groups in total. The Labute approximate surface area is 130 Å². The summed E-state index contributed by atoms with van der Waals surface area (Å²) in [6.07, 6.45) is 0.498. The van der Waals surface area contributed by atoms with E-state index in [0.29, 0.717) is 11.2 Å². The predicted molar refractivity (Wildman–Crippen MR) is 77.3 cm³/mol. The van der Waals surface area contributed by atoms with E-state index in [1.807, 2.05) is 0 Å². The number of aliphatic hydroxyl groups is 2. The molecule has 3 atom stereocenters. The van der Waals surface area contributed by atoms with Gasteiger partial charge in [0, 0.05) is 0 Å². The first-order valence-electron chi connectivity index (χ1n) is 5.72. The number of alkyl halides is 2. The van der Waals surface area contributed by atoms with E-state index in [0.717, 1.165) is 0 Å². The first kappa shape index (κ1) is 14.1. The Kier molecular flexibility index (Phi) is 3.45. The molecule has 108 valence electrons. The Balaban J connectivity index is 2.10. The lowest BCUT2D eigenvalue weighted by Crippen LogP contribution is -2.36. The first-order chi connectivity index (χ1) is 9.46. The third-order valence-corrected chi connectivity index (χ3v) is 4.92. The van der Waals surface area contributed by atoms with Gasteiger partial charge in [-0.3, -0.25) is 4.57 Å². The fourth-order valence-electron chi connectivity index (χ4n) is 2.16. The Morgan fingerprint density at radius 1 is 1.40 bits per heavy atom. The van der Waals surface area contributed by atoms with Crippen LogP contribution in [-0.4, -0.2) is 51.8 Å². The summed E-state index contributed by atoms with van der Waals surface area (Å²) in [7, 11) is 0. The maximum atomic E-state index is 10.1. The third-order valence-electron chi connectivity index (χ3n) is 3.20. The third kappa shape index (κ3) is 1.94. The van der Waals surface area contributed by atoms with Crippen molar-refractivity contribution in [2.24, 2.45) is 0 Å². The van der Waals surface area contributed by atoms with Gasteiger partial charge in [-0.05, 0) is 0 Å². The number of fused-ring (bicyclic) bond motifs is 1. The average Bonchev–Trinajstić information content (AvgIpc) is 2.92. The highest BCUT2D eigenvalue weighted by atomic mass is 79.9. The molecule has 2 aromatic heterocycles. The number of rotatable bonds is 2. The molecule has 0 bridgehead atoms. The minimum Gasteiger partial charge on any atom is -0.394 e. The van der Waals surface area contributed by atoms with Gasteiger partial charge in [-0.15, -0.1) is 0 Å². The van der Waals surface area contributed by atoms with Crippen molar-refractivity contribution in [2.45, 2.75) is 21.7 Å². The van der Waals surface area contributed by atoms with Crippen molar-refractivity contribution in [2.75, 3.05) is 12.3 Å². The molecule has 0 radical (unpaired) electrons. The number of aromatic nitrogens is 4.